The molecule has 2 N–H and O–H groups in total. The van der Waals surface area contributed by atoms with E-state index in [1.807, 2.05) is 17.3 Å². The summed E-state index contributed by atoms with van der Waals surface area (Å²) in [6.07, 6.45) is 10.9. The summed E-state index contributed by atoms with van der Waals surface area (Å²) < 4.78 is 0. The predicted octanol–water partition coefficient (Wildman–Crippen LogP) is 4.13. The van der Waals surface area contributed by atoms with Gasteiger partial charge in [-0.2, -0.15) is 0 Å². The minimum atomic E-state index is 0.289. The molecule has 144 valence electrons. The molecule has 4 aromatic rings. The molecule has 3 aromatic heterocycles. The topological polar surface area (TPSA) is 77.7 Å². The Hall–Kier alpha value is -3.41. The van der Waals surface area contributed by atoms with Gasteiger partial charge in [-0.1, -0.05) is 12.1 Å². The molecule has 1 saturated carbocycles. The van der Waals surface area contributed by atoms with Gasteiger partial charge >= 0.3 is 0 Å². The van der Waals surface area contributed by atoms with Crippen molar-refractivity contribution in [1.82, 2.24) is 24.8 Å². The number of amides is 1. The van der Waals surface area contributed by atoms with Gasteiger partial charge in [-0.05, 0) is 54.2 Å². The molecular formula is C23H21N5O. The average Bonchev–Trinajstić information content (AvgIpc) is 3.36. The fourth-order valence-electron chi connectivity index (χ4n) is 4.24. The van der Waals surface area contributed by atoms with Gasteiger partial charge in [0.2, 0.25) is 5.91 Å². The first-order valence-corrected chi connectivity index (χ1v) is 10.1. The zero-order valence-corrected chi connectivity index (χ0v) is 16.0. The highest BCUT2D eigenvalue weighted by Crippen LogP contribution is 2.34. The Labute approximate surface area is 167 Å². The standard InChI is InChI=1S/C23H21N5O/c29-23(15-1-2-15)28-7-5-14(6-8-28)17-9-18-19(12-25-22(18)24-11-17)16-3-4-20-21(10-16)27-13-26-20/h3-5,9-13,15H,1-2,6-8H2,(H,24,25)(H,26,27). The number of H-pyrrole nitrogens is 2. The number of benzene rings is 1. The zero-order chi connectivity index (χ0) is 19.4. The van der Waals surface area contributed by atoms with Gasteiger partial charge in [-0.3, -0.25) is 4.79 Å². The highest BCUT2D eigenvalue weighted by molar-refractivity contribution is 5.97. The molecule has 0 atom stereocenters. The largest absolute Gasteiger partial charge is 0.346 e. The number of carbonyl (C=O) groups is 1. The lowest BCUT2D eigenvalue weighted by Gasteiger charge is -2.26. The fourth-order valence-corrected chi connectivity index (χ4v) is 4.24. The van der Waals surface area contributed by atoms with Crippen LogP contribution in [-0.4, -0.2) is 43.8 Å². The maximum atomic E-state index is 12.3. The number of hydrogen-bond acceptors (Lipinski definition) is 3. The number of fused-ring (bicyclic) bond motifs is 2. The molecule has 2 aliphatic rings. The summed E-state index contributed by atoms with van der Waals surface area (Å²) in [5, 5.41) is 1.11. The summed E-state index contributed by atoms with van der Waals surface area (Å²) in [6, 6.07) is 8.48. The number of rotatable bonds is 3. The van der Waals surface area contributed by atoms with Crippen LogP contribution in [0.2, 0.25) is 0 Å². The molecule has 1 aliphatic carbocycles. The van der Waals surface area contributed by atoms with Gasteiger partial charge in [0.25, 0.3) is 0 Å². The first-order valence-electron chi connectivity index (χ1n) is 10.1. The van der Waals surface area contributed by atoms with E-state index in [0.29, 0.717) is 12.5 Å². The zero-order valence-electron chi connectivity index (χ0n) is 16.0. The summed E-state index contributed by atoms with van der Waals surface area (Å²) in [5.41, 5.74) is 7.52. The normalized spacial score (nSPS) is 17.1. The lowest BCUT2D eigenvalue weighted by atomic mass is 9.98. The number of pyridine rings is 1. The van der Waals surface area contributed by atoms with Crippen molar-refractivity contribution in [2.24, 2.45) is 5.92 Å². The second-order valence-electron chi connectivity index (χ2n) is 7.99. The maximum Gasteiger partial charge on any atom is 0.225 e. The first-order chi connectivity index (χ1) is 14.3. The summed E-state index contributed by atoms with van der Waals surface area (Å²) in [7, 11) is 0. The lowest BCUT2D eigenvalue weighted by molar-refractivity contribution is -0.132. The van der Waals surface area contributed by atoms with Crippen molar-refractivity contribution in [1.29, 1.82) is 0 Å². The van der Waals surface area contributed by atoms with Crippen LogP contribution in [0.5, 0.6) is 0 Å². The molecule has 1 aliphatic heterocycles. The van der Waals surface area contributed by atoms with Gasteiger partial charge in [0.1, 0.15) is 5.65 Å². The molecule has 0 unspecified atom stereocenters. The molecule has 0 radical (unpaired) electrons. The van der Waals surface area contributed by atoms with Crippen LogP contribution in [-0.2, 0) is 4.79 Å². The van der Waals surface area contributed by atoms with E-state index in [0.717, 1.165) is 64.6 Å². The van der Waals surface area contributed by atoms with Crippen molar-refractivity contribution in [2.75, 3.05) is 13.1 Å². The van der Waals surface area contributed by atoms with Gasteiger partial charge in [-0.15, -0.1) is 0 Å². The van der Waals surface area contributed by atoms with Crippen LogP contribution in [0.4, 0.5) is 0 Å². The molecule has 29 heavy (non-hydrogen) atoms. The number of carbonyl (C=O) groups excluding carboxylic acids is 1. The molecular weight excluding hydrogens is 362 g/mol. The predicted molar refractivity (Wildman–Crippen MR) is 113 cm³/mol. The van der Waals surface area contributed by atoms with Crippen molar-refractivity contribution >= 4 is 33.5 Å². The quantitative estimate of drug-likeness (QED) is 0.558. The molecule has 0 saturated heterocycles. The summed E-state index contributed by atoms with van der Waals surface area (Å²) >= 11 is 0. The number of imidazole rings is 1. The lowest BCUT2D eigenvalue weighted by Crippen LogP contribution is -2.35. The van der Waals surface area contributed by atoms with E-state index in [4.69, 9.17) is 0 Å². The SMILES string of the molecule is O=C(C1CC1)N1CC=C(c2cnc3[nH]cc(-c4ccc5[nH]cnc5c4)c3c2)CC1. The molecule has 6 nitrogen and oxygen atoms in total. The van der Waals surface area contributed by atoms with Crippen LogP contribution in [0.25, 0.3) is 38.8 Å². The molecule has 6 heteroatoms. The van der Waals surface area contributed by atoms with Crippen LogP contribution in [0, 0.1) is 5.92 Å². The second kappa shape index (κ2) is 6.30. The Kier molecular flexibility index (Phi) is 3.59. The smallest absolute Gasteiger partial charge is 0.225 e. The number of hydrogen-bond donors (Lipinski definition) is 2. The van der Waals surface area contributed by atoms with E-state index in [9.17, 15) is 4.79 Å². The minimum absolute atomic E-state index is 0.289. The van der Waals surface area contributed by atoms with E-state index < -0.39 is 0 Å². The molecule has 1 fully saturated rings. The van der Waals surface area contributed by atoms with Crippen LogP contribution in [0.15, 0.2) is 49.1 Å². The Morgan fingerprint density at radius 2 is 2.03 bits per heavy atom. The van der Waals surface area contributed by atoms with E-state index in [1.54, 1.807) is 6.33 Å². The molecule has 6 rings (SSSR count). The fraction of sp³-hybridized carbons (Fsp3) is 0.261. The molecule has 0 bridgehead atoms. The third kappa shape index (κ3) is 2.83. The van der Waals surface area contributed by atoms with Crippen LogP contribution >= 0.6 is 0 Å². The molecule has 1 aromatic carbocycles. The average molecular weight is 383 g/mol. The highest BCUT2D eigenvalue weighted by Gasteiger charge is 2.33. The van der Waals surface area contributed by atoms with Gasteiger partial charge in [-0.25, -0.2) is 9.97 Å². The Morgan fingerprint density at radius 3 is 2.86 bits per heavy atom. The Balaban J connectivity index is 1.34. The first kappa shape index (κ1) is 16.5. The van der Waals surface area contributed by atoms with Gasteiger partial charge in [0, 0.05) is 42.4 Å². The molecule has 1 amide bonds. The number of aromatic nitrogens is 4. The monoisotopic (exact) mass is 383 g/mol. The number of nitrogens with zero attached hydrogens (tertiary/aromatic N) is 3. The van der Waals surface area contributed by atoms with Crippen molar-refractivity contribution in [3.05, 3.63) is 54.6 Å². The second-order valence-corrected chi connectivity index (χ2v) is 7.99. The summed E-state index contributed by atoms with van der Waals surface area (Å²) in [5.74, 6) is 0.618. The van der Waals surface area contributed by atoms with E-state index in [-0.39, 0.29) is 5.92 Å². The summed E-state index contributed by atoms with van der Waals surface area (Å²) in [4.78, 5) is 29.7. The van der Waals surface area contributed by atoms with Crippen molar-refractivity contribution in [2.45, 2.75) is 19.3 Å². The van der Waals surface area contributed by atoms with E-state index in [1.165, 1.54) is 5.57 Å². The Bertz CT molecular complexity index is 1280. The number of aromatic amines is 2. The van der Waals surface area contributed by atoms with Crippen LogP contribution in [0.1, 0.15) is 24.8 Å². The van der Waals surface area contributed by atoms with E-state index >= 15 is 0 Å². The van der Waals surface area contributed by atoms with E-state index in [2.05, 4.69) is 50.3 Å². The van der Waals surface area contributed by atoms with Crippen LogP contribution in [0.3, 0.4) is 0 Å². The summed E-state index contributed by atoms with van der Waals surface area (Å²) in [6.45, 7) is 1.51. The van der Waals surface area contributed by atoms with Crippen molar-refractivity contribution < 1.29 is 4.79 Å². The number of nitrogens with one attached hydrogen (secondary N) is 2. The van der Waals surface area contributed by atoms with Crippen molar-refractivity contribution in [3.63, 3.8) is 0 Å². The van der Waals surface area contributed by atoms with Crippen molar-refractivity contribution in [3.8, 4) is 11.1 Å². The highest BCUT2D eigenvalue weighted by atomic mass is 16.2. The van der Waals surface area contributed by atoms with Crippen LogP contribution < -0.4 is 0 Å². The third-order valence-electron chi connectivity index (χ3n) is 6.08. The van der Waals surface area contributed by atoms with Gasteiger partial charge in [0.15, 0.2) is 0 Å². The Morgan fingerprint density at radius 1 is 1.10 bits per heavy atom. The molecule has 4 heterocycles. The minimum Gasteiger partial charge on any atom is -0.346 e. The molecule has 0 spiro atoms. The van der Waals surface area contributed by atoms with Gasteiger partial charge in [0.05, 0.1) is 17.4 Å². The third-order valence-corrected chi connectivity index (χ3v) is 6.08. The maximum absolute atomic E-state index is 12.3. The van der Waals surface area contributed by atoms with Gasteiger partial charge < -0.3 is 14.9 Å².